The average molecular weight is 368 g/mol. The average Bonchev–Trinajstić information content (AvgIpc) is 3.16. The number of furan rings is 1. The van der Waals surface area contributed by atoms with Crippen LogP contribution in [0.1, 0.15) is 19.1 Å². The van der Waals surface area contributed by atoms with Gasteiger partial charge in [0.05, 0.1) is 17.7 Å². The minimum Gasteiger partial charge on any atom is -0.454 e. The van der Waals surface area contributed by atoms with Crippen molar-refractivity contribution in [2.24, 2.45) is 0 Å². The van der Waals surface area contributed by atoms with Gasteiger partial charge in [0.1, 0.15) is 19.2 Å². The van der Waals surface area contributed by atoms with Gasteiger partial charge in [0.2, 0.25) is 5.79 Å². The smallest absolute Gasteiger partial charge is 0.249 e. The van der Waals surface area contributed by atoms with Gasteiger partial charge in [-0.25, -0.2) is 9.67 Å². The molecule has 0 N–H and O–H groups in total. The number of hydrogen-bond donors (Lipinski definition) is 0. The lowest BCUT2D eigenvalue weighted by Crippen LogP contribution is -2.44. The molecule has 0 saturated carbocycles. The molecular weight excluding hydrogens is 353 g/mol. The van der Waals surface area contributed by atoms with E-state index in [1.54, 1.807) is 23.1 Å². The Hall–Kier alpha value is -1.60. The van der Waals surface area contributed by atoms with Crippen molar-refractivity contribution >= 4 is 34.2 Å². The van der Waals surface area contributed by atoms with Gasteiger partial charge in [-0.05, 0) is 31.5 Å². The zero-order valence-electron chi connectivity index (χ0n) is 12.9. The van der Waals surface area contributed by atoms with Crippen molar-refractivity contribution in [2.75, 3.05) is 6.61 Å². The molecule has 0 amide bonds. The van der Waals surface area contributed by atoms with Crippen LogP contribution in [0.5, 0.6) is 0 Å². The van der Waals surface area contributed by atoms with Gasteiger partial charge >= 0.3 is 0 Å². The molecule has 6 nitrogen and oxygen atoms in total. The molecule has 3 heterocycles. The molecule has 0 bridgehead atoms. The third kappa shape index (κ3) is 2.80. The lowest BCUT2D eigenvalue weighted by Gasteiger charge is -2.38. The summed E-state index contributed by atoms with van der Waals surface area (Å²) >= 11 is 12.3. The van der Waals surface area contributed by atoms with E-state index < -0.39 is 5.79 Å². The number of rotatable bonds is 3. The van der Waals surface area contributed by atoms with Crippen molar-refractivity contribution in [2.45, 2.75) is 31.8 Å². The van der Waals surface area contributed by atoms with Crippen molar-refractivity contribution < 1.29 is 13.9 Å². The lowest BCUT2D eigenvalue weighted by atomic mass is 10.1. The standard InChI is InChI=1S/C16H15Cl2N3O3/c1-10-2-3-22-16(24-10,7-21-9-19-8-20-21)14-5-11-4-12(17)6-13(18)15(11)23-14/h4-6,8-10H,2-3,7H2,1H3. The Kier molecular flexibility index (Phi) is 4.00. The minimum absolute atomic E-state index is 0.0227. The van der Waals surface area contributed by atoms with Gasteiger partial charge < -0.3 is 13.9 Å². The van der Waals surface area contributed by atoms with Crippen molar-refractivity contribution in [3.8, 4) is 0 Å². The molecule has 24 heavy (non-hydrogen) atoms. The topological polar surface area (TPSA) is 62.3 Å². The first-order valence-electron chi connectivity index (χ1n) is 7.59. The van der Waals surface area contributed by atoms with Gasteiger partial charge in [0.15, 0.2) is 11.3 Å². The number of nitrogens with zero attached hydrogens (tertiary/aromatic N) is 3. The van der Waals surface area contributed by atoms with Gasteiger partial charge in [0.25, 0.3) is 0 Å². The Balaban J connectivity index is 1.82. The van der Waals surface area contributed by atoms with E-state index in [-0.39, 0.29) is 6.10 Å². The second kappa shape index (κ2) is 6.04. The monoisotopic (exact) mass is 367 g/mol. The molecule has 0 spiro atoms. The molecule has 1 aliphatic rings. The zero-order chi connectivity index (χ0) is 16.7. The van der Waals surface area contributed by atoms with E-state index in [4.69, 9.17) is 37.1 Å². The Morgan fingerprint density at radius 1 is 1.33 bits per heavy atom. The number of halogens is 2. The third-order valence-corrected chi connectivity index (χ3v) is 4.50. The maximum Gasteiger partial charge on any atom is 0.249 e. The number of benzene rings is 1. The summed E-state index contributed by atoms with van der Waals surface area (Å²) in [5.74, 6) is -0.552. The molecular formula is C16H15Cl2N3O3. The van der Waals surface area contributed by atoms with E-state index in [9.17, 15) is 0 Å². The molecule has 1 saturated heterocycles. The highest BCUT2D eigenvalue weighted by Crippen LogP contribution is 2.40. The summed E-state index contributed by atoms with van der Waals surface area (Å²) in [5, 5.41) is 5.94. The van der Waals surface area contributed by atoms with Gasteiger partial charge in [0, 0.05) is 10.4 Å². The highest BCUT2D eigenvalue weighted by Gasteiger charge is 2.43. The van der Waals surface area contributed by atoms with Crippen LogP contribution in [0.15, 0.2) is 35.3 Å². The van der Waals surface area contributed by atoms with Crippen LogP contribution in [0, 0.1) is 0 Å². The molecule has 0 radical (unpaired) electrons. The van der Waals surface area contributed by atoms with Crippen molar-refractivity contribution in [1.29, 1.82) is 0 Å². The number of ether oxygens (including phenoxy) is 2. The van der Waals surface area contributed by atoms with E-state index >= 15 is 0 Å². The second-order valence-corrected chi connectivity index (χ2v) is 6.67. The summed E-state index contributed by atoms with van der Waals surface area (Å²) in [6.45, 7) is 2.88. The van der Waals surface area contributed by atoms with Crippen LogP contribution < -0.4 is 0 Å². The molecule has 1 aliphatic heterocycles. The molecule has 2 unspecified atom stereocenters. The molecule has 0 aliphatic carbocycles. The Morgan fingerprint density at radius 2 is 2.21 bits per heavy atom. The summed E-state index contributed by atoms with van der Waals surface area (Å²) in [5.41, 5.74) is 0.555. The molecule has 1 fully saturated rings. The quantitative estimate of drug-likeness (QED) is 0.699. The van der Waals surface area contributed by atoms with E-state index in [1.807, 2.05) is 13.0 Å². The number of hydrogen-bond acceptors (Lipinski definition) is 5. The largest absolute Gasteiger partial charge is 0.454 e. The summed E-state index contributed by atoms with van der Waals surface area (Å²) in [4.78, 5) is 3.97. The first-order chi connectivity index (χ1) is 11.6. The summed E-state index contributed by atoms with van der Waals surface area (Å²) in [7, 11) is 0. The van der Waals surface area contributed by atoms with Crippen LogP contribution in [-0.2, 0) is 21.8 Å². The maximum absolute atomic E-state index is 6.24. The predicted molar refractivity (Wildman–Crippen MR) is 89.1 cm³/mol. The molecule has 3 aromatic rings. The maximum atomic E-state index is 6.24. The van der Waals surface area contributed by atoms with E-state index in [1.165, 1.54) is 6.33 Å². The fraction of sp³-hybridized carbons (Fsp3) is 0.375. The van der Waals surface area contributed by atoms with Crippen LogP contribution in [0.25, 0.3) is 11.0 Å². The first-order valence-corrected chi connectivity index (χ1v) is 8.34. The molecule has 1 aromatic carbocycles. The Labute approximate surface area is 148 Å². The van der Waals surface area contributed by atoms with Gasteiger partial charge in [-0.3, -0.25) is 0 Å². The highest BCUT2D eigenvalue weighted by molar-refractivity contribution is 6.38. The van der Waals surface area contributed by atoms with Gasteiger partial charge in [-0.1, -0.05) is 23.2 Å². The van der Waals surface area contributed by atoms with Crippen molar-refractivity contribution in [3.63, 3.8) is 0 Å². The third-order valence-electron chi connectivity index (χ3n) is 4.00. The Bertz CT molecular complexity index is 865. The molecule has 2 atom stereocenters. The number of fused-ring (bicyclic) bond motifs is 1. The van der Waals surface area contributed by atoms with E-state index in [0.29, 0.717) is 34.5 Å². The predicted octanol–water partition coefficient (Wildman–Crippen LogP) is 4.01. The van der Waals surface area contributed by atoms with Crippen LogP contribution in [0.2, 0.25) is 10.0 Å². The normalized spacial score (nSPS) is 24.5. The summed E-state index contributed by atoms with van der Waals surface area (Å²) < 4.78 is 19.8. The second-order valence-electron chi connectivity index (χ2n) is 5.83. The van der Waals surface area contributed by atoms with Gasteiger partial charge in [-0.2, -0.15) is 5.10 Å². The number of aromatic nitrogens is 3. The highest BCUT2D eigenvalue weighted by atomic mass is 35.5. The van der Waals surface area contributed by atoms with Crippen LogP contribution in [0.3, 0.4) is 0 Å². The van der Waals surface area contributed by atoms with Crippen LogP contribution >= 0.6 is 23.2 Å². The first kappa shape index (κ1) is 15.9. The van der Waals surface area contributed by atoms with Crippen molar-refractivity contribution in [3.05, 3.63) is 46.7 Å². The summed E-state index contributed by atoms with van der Waals surface area (Å²) in [6.07, 6.45) is 3.91. The summed E-state index contributed by atoms with van der Waals surface area (Å²) in [6, 6.07) is 5.29. The molecule has 126 valence electrons. The molecule has 4 rings (SSSR count). The van der Waals surface area contributed by atoms with Gasteiger partial charge in [-0.15, -0.1) is 0 Å². The minimum atomic E-state index is -1.08. The molecule has 8 heteroatoms. The SMILES string of the molecule is CC1CCOC(Cn2cncn2)(c2cc3cc(Cl)cc(Cl)c3o2)O1. The van der Waals surface area contributed by atoms with Crippen LogP contribution in [-0.4, -0.2) is 27.5 Å². The van der Waals surface area contributed by atoms with Crippen LogP contribution in [0.4, 0.5) is 0 Å². The Morgan fingerprint density at radius 3 is 2.96 bits per heavy atom. The zero-order valence-corrected chi connectivity index (χ0v) is 14.4. The molecule has 2 aromatic heterocycles. The lowest BCUT2D eigenvalue weighted by molar-refractivity contribution is -0.314. The fourth-order valence-electron chi connectivity index (χ4n) is 2.89. The van der Waals surface area contributed by atoms with E-state index in [2.05, 4.69) is 10.1 Å². The van der Waals surface area contributed by atoms with Crippen molar-refractivity contribution in [1.82, 2.24) is 14.8 Å². The van der Waals surface area contributed by atoms with E-state index in [0.717, 1.165) is 11.8 Å². The fourth-order valence-corrected chi connectivity index (χ4v) is 3.44.